The maximum absolute atomic E-state index is 12.1. The quantitative estimate of drug-likeness (QED) is 0.840. The van der Waals surface area contributed by atoms with E-state index in [1.54, 1.807) is 6.07 Å². The molecule has 2 unspecified atom stereocenters. The number of hydrogen-bond donors (Lipinski definition) is 2. The van der Waals surface area contributed by atoms with E-state index < -0.39 is 12.2 Å². The highest BCUT2D eigenvalue weighted by Gasteiger charge is 2.34. The zero-order valence-corrected chi connectivity index (χ0v) is 10.7. The molecule has 1 saturated heterocycles. The number of thiophene rings is 1. The van der Waals surface area contributed by atoms with Crippen LogP contribution in [0.15, 0.2) is 28.1 Å². The largest absolute Gasteiger partial charge is 0.388 e. The highest BCUT2D eigenvalue weighted by atomic mass is 32.1. The van der Waals surface area contributed by atoms with Gasteiger partial charge in [0.05, 0.1) is 17.1 Å². The maximum atomic E-state index is 12.1. The second-order valence-corrected chi connectivity index (χ2v) is 5.35. The molecule has 0 saturated carbocycles. The number of aliphatic hydroxyl groups excluding tert-OH is 2. The molecule has 100 valence electrons. The van der Waals surface area contributed by atoms with Gasteiger partial charge in [-0.05, 0) is 11.4 Å². The zero-order chi connectivity index (χ0) is 13.4. The fourth-order valence-electron chi connectivity index (χ4n) is 2.01. The first-order valence-corrected chi connectivity index (χ1v) is 6.69. The molecule has 0 spiro atoms. The van der Waals surface area contributed by atoms with Gasteiger partial charge in [-0.25, -0.2) is 0 Å². The Morgan fingerprint density at radius 2 is 2.16 bits per heavy atom. The molecule has 1 aliphatic rings. The number of nitrogens with zero attached hydrogens (tertiary/aromatic N) is 2. The molecule has 2 aromatic rings. The summed E-state index contributed by atoms with van der Waals surface area (Å²) in [5.41, 5.74) is 0.185. The molecule has 1 fully saturated rings. The van der Waals surface area contributed by atoms with Crippen LogP contribution in [0.3, 0.4) is 0 Å². The van der Waals surface area contributed by atoms with Gasteiger partial charge in [0.15, 0.2) is 11.5 Å². The van der Waals surface area contributed by atoms with Crippen molar-refractivity contribution in [2.45, 2.75) is 12.2 Å². The predicted molar refractivity (Wildman–Crippen MR) is 67.7 cm³/mol. The van der Waals surface area contributed by atoms with Crippen molar-refractivity contribution < 1.29 is 19.5 Å². The van der Waals surface area contributed by atoms with Gasteiger partial charge in [-0.15, -0.1) is 11.3 Å². The number of aliphatic hydroxyl groups is 2. The second kappa shape index (κ2) is 4.76. The van der Waals surface area contributed by atoms with E-state index in [4.69, 9.17) is 4.52 Å². The van der Waals surface area contributed by atoms with Gasteiger partial charge in [0.1, 0.15) is 0 Å². The number of amides is 1. The number of β-amino-alcohol motifs (C(OH)–C–C–N with tert-alkyl or cyclic N) is 2. The molecule has 0 bridgehead atoms. The Hall–Kier alpha value is -1.70. The Labute approximate surface area is 112 Å². The maximum Gasteiger partial charge on any atom is 0.276 e. The van der Waals surface area contributed by atoms with Crippen molar-refractivity contribution in [3.63, 3.8) is 0 Å². The Balaban J connectivity index is 1.78. The SMILES string of the molecule is O=C(c1cc(-c2cccs2)on1)N1CC(O)C(O)C1. The molecular formula is C12H12N2O4S. The van der Waals surface area contributed by atoms with E-state index in [1.807, 2.05) is 17.5 Å². The molecule has 1 amide bonds. The molecule has 3 rings (SSSR count). The van der Waals surface area contributed by atoms with E-state index in [0.29, 0.717) is 5.76 Å². The van der Waals surface area contributed by atoms with Crippen molar-refractivity contribution in [3.8, 4) is 10.6 Å². The van der Waals surface area contributed by atoms with Crippen LogP contribution in [0.5, 0.6) is 0 Å². The topological polar surface area (TPSA) is 86.8 Å². The van der Waals surface area contributed by atoms with Gasteiger partial charge >= 0.3 is 0 Å². The fraction of sp³-hybridized carbons (Fsp3) is 0.333. The zero-order valence-electron chi connectivity index (χ0n) is 9.89. The van der Waals surface area contributed by atoms with E-state index in [-0.39, 0.29) is 24.7 Å². The first-order chi connectivity index (χ1) is 9.15. The Bertz CT molecular complexity index is 570. The lowest BCUT2D eigenvalue weighted by molar-refractivity contribution is 0.0572. The number of carbonyl (C=O) groups excluding carboxylic acids is 1. The molecule has 6 nitrogen and oxygen atoms in total. The molecule has 2 aromatic heterocycles. The van der Waals surface area contributed by atoms with Gasteiger partial charge in [-0.3, -0.25) is 4.79 Å². The molecule has 2 N–H and O–H groups in total. The van der Waals surface area contributed by atoms with Crippen molar-refractivity contribution in [1.82, 2.24) is 10.1 Å². The third kappa shape index (κ3) is 2.27. The van der Waals surface area contributed by atoms with Gasteiger partial charge < -0.3 is 19.6 Å². The molecule has 1 aliphatic heterocycles. The second-order valence-electron chi connectivity index (χ2n) is 4.40. The Morgan fingerprint density at radius 1 is 1.42 bits per heavy atom. The minimum atomic E-state index is -0.896. The molecule has 0 aromatic carbocycles. The van der Waals surface area contributed by atoms with E-state index in [9.17, 15) is 15.0 Å². The Morgan fingerprint density at radius 3 is 2.79 bits per heavy atom. The van der Waals surface area contributed by atoms with E-state index in [0.717, 1.165) is 4.88 Å². The van der Waals surface area contributed by atoms with E-state index >= 15 is 0 Å². The fourth-order valence-corrected chi connectivity index (χ4v) is 2.68. The normalized spacial score (nSPS) is 22.9. The summed E-state index contributed by atoms with van der Waals surface area (Å²) in [4.78, 5) is 14.4. The number of hydrogen-bond acceptors (Lipinski definition) is 6. The van der Waals surface area contributed by atoms with E-state index in [1.165, 1.54) is 16.2 Å². The van der Waals surface area contributed by atoms with Gasteiger partial charge in [-0.1, -0.05) is 11.2 Å². The summed E-state index contributed by atoms with van der Waals surface area (Å²) in [5, 5.41) is 24.5. The highest BCUT2D eigenvalue weighted by molar-refractivity contribution is 7.13. The van der Waals surface area contributed by atoms with Crippen LogP contribution in [-0.4, -0.2) is 51.5 Å². The van der Waals surface area contributed by atoms with Gasteiger partial charge in [0, 0.05) is 19.2 Å². The van der Waals surface area contributed by atoms with E-state index in [2.05, 4.69) is 5.16 Å². The summed E-state index contributed by atoms with van der Waals surface area (Å²) in [6.07, 6.45) is -1.79. The predicted octanol–water partition coefficient (Wildman–Crippen LogP) is 0.581. The average Bonchev–Trinajstić information content (AvgIpc) is 3.09. The first kappa shape index (κ1) is 12.3. The van der Waals surface area contributed by atoms with Crippen molar-refractivity contribution >= 4 is 17.2 Å². The molecule has 19 heavy (non-hydrogen) atoms. The van der Waals surface area contributed by atoms with Crippen LogP contribution in [0.25, 0.3) is 10.6 Å². The molecule has 0 aliphatic carbocycles. The monoisotopic (exact) mass is 280 g/mol. The van der Waals surface area contributed by atoms with Crippen LogP contribution in [0.2, 0.25) is 0 Å². The van der Waals surface area contributed by atoms with Gasteiger partial charge in [0.2, 0.25) is 0 Å². The summed E-state index contributed by atoms with van der Waals surface area (Å²) in [6.45, 7) is 0.225. The standard InChI is InChI=1S/C12H12N2O4S/c15-8-5-14(6-9(8)16)12(17)7-4-10(18-13-7)11-2-1-3-19-11/h1-4,8-9,15-16H,5-6H2. The van der Waals surface area contributed by atoms with Crippen molar-refractivity contribution in [3.05, 3.63) is 29.3 Å². The number of aromatic nitrogens is 1. The third-order valence-corrected chi connectivity index (χ3v) is 3.92. The lowest BCUT2D eigenvalue weighted by Gasteiger charge is -2.12. The number of carbonyl (C=O) groups is 1. The number of rotatable bonds is 2. The third-order valence-electron chi connectivity index (χ3n) is 3.04. The van der Waals surface area contributed by atoms with Crippen LogP contribution in [0.1, 0.15) is 10.5 Å². The van der Waals surface area contributed by atoms with Crippen LogP contribution in [0.4, 0.5) is 0 Å². The van der Waals surface area contributed by atoms with Crippen molar-refractivity contribution in [1.29, 1.82) is 0 Å². The van der Waals surface area contributed by atoms with Crippen molar-refractivity contribution in [2.75, 3.05) is 13.1 Å². The summed E-state index contributed by atoms with van der Waals surface area (Å²) >= 11 is 1.50. The number of likely N-dealkylation sites (tertiary alicyclic amines) is 1. The minimum absolute atomic E-state index is 0.112. The summed E-state index contributed by atoms with van der Waals surface area (Å²) in [5.74, 6) is 0.195. The Kier molecular flexibility index (Phi) is 3.09. The summed E-state index contributed by atoms with van der Waals surface area (Å²) in [7, 11) is 0. The summed E-state index contributed by atoms with van der Waals surface area (Å²) < 4.78 is 5.13. The van der Waals surface area contributed by atoms with Crippen LogP contribution in [0, 0.1) is 0 Å². The smallest absolute Gasteiger partial charge is 0.276 e. The molecule has 7 heteroatoms. The lowest BCUT2D eigenvalue weighted by atomic mass is 10.3. The molecule has 3 heterocycles. The summed E-state index contributed by atoms with van der Waals surface area (Å²) in [6, 6.07) is 5.34. The average molecular weight is 280 g/mol. The highest BCUT2D eigenvalue weighted by Crippen LogP contribution is 2.26. The van der Waals surface area contributed by atoms with Gasteiger partial charge in [-0.2, -0.15) is 0 Å². The molecule has 2 atom stereocenters. The van der Waals surface area contributed by atoms with Gasteiger partial charge in [0.25, 0.3) is 5.91 Å². The molecule has 0 radical (unpaired) electrons. The molecular weight excluding hydrogens is 268 g/mol. The van der Waals surface area contributed by atoms with Crippen molar-refractivity contribution in [2.24, 2.45) is 0 Å². The minimum Gasteiger partial charge on any atom is -0.388 e. The van der Waals surface area contributed by atoms with Crippen LogP contribution >= 0.6 is 11.3 Å². The first-order valence-electron chi connectivity index (χ1n) is 5.81. The van der Waals surface area contributed by atoms with Crippen LogP contribution < -0.4 is 0 Å². The lowest BCUT2D eigenvalue weighted by Crippen LogP contribution is -2.30. The van der Waals surface area contributed by atoms with Crippen LogP contribution in [-0.2, 0) is 0 Å².